The summed E-state index contributed by atoms with van der Waals surface area (Å²) in [5.41, 5.74) is 1.42. The predicted molar refractivity (Wildman–Crippen MR) is 97.1 cm³/mol. The molecular formula is C18H19FN4O2S. The van der Waals surface area contributed by atoms with Crippen molar-refractivity contribution in [3.8, 4) is 11.6 Å². The third-order valence-electron chi connectivity index (χ3n) is 3.82. The van der Waals surface area contributed by atoms with Gasteiger partial charge in [-0.2, -0.15) is 0 Å². The quantitative estimate of drug-likeness (QED) is 0.642. The van der Waals surface area contributed by atoms with Crippen LogP contribution in [0.1, 0.15) is 18.1 Å². The third kappa shape index (κ3) is 4.13. The largest absolute Gasteiger partial charge is 0.461 e. The van der Waals surface area contributed by atoms with Crippen molar-refractivity contribution in [1.29, 1.82) is 0 Å². The number of hydrogen-bond acceptors (Lipinski definition) is 5. The Morgan fingerprint density at radius 1 is 1.35 bits per heavy atom. The summed E-state index contributed by atoms with van der Waals surface area (Å²) in [4.78, 5) is 12.1. The highest BCUT2D eigenvalue weighted by atomic mass is 32.2. The maximum absolute atomic E-state index is 13.3. The van der Waals surface area contributed by atoms with Crippen LogP contribution < -0.4 is 5.32 Å². The first kappa shape index (κ1) is 18.2. The van der Waals surface area contributed by atoms with E-state index in [-0.39, 0.29) is 17.5 Å². The number of nitrogens with zero attached hydrogens (tertiary/aromatic N) is 3. The molecule has 0 radical (unpaired) electrons. The SMILES string of the molecule is CCn1c(SCC(=O)NCc2ccc(F)c(C)c2)nnc1-c1ccco1. The molecule has 0 aliphatic heterocycles. The fourth-order valence-electron chi connectivity index (χ4n) is 2.47. The molecule has 0 aliphatic carbocycles. The number of amides is 1. The van der Waals surface area contributed by atoms with E-state index in [1.807, 2.05) is 17.6 Å². The van der Waals surface area contributed by atoms with Crippen LogP contribution in [0.25, 0.3) is 11.6 Å². The minimum atomic E-state index is -0.248. The van der Waals surface area contributed by atoms with E-state index in [0.717, 1.165) is 5.56 Å². The summed E-state index contributed by atoms with van der Waals surface area (Å²) in [6.07, 6.45) is 1.58. The van der Waals surface area contributed by atoms with E-state index >= 15 is 0 Å². The van der Waals surface area contributed by atoms with Crippen molar-refractivity contribution in [3.05, 3.63) is 53.5 Å². The Kier molecular flexibility index (Phi) is 5.72. The minimum Gasteiger partial charge on any atom is -0.461 e. The Morgan fingerprint density at radius 3 is 2.88 bits per heavy atom. The standard InChI is InChI=1S/C18H19FN4O2S/c1-3-23-17(15-5-4-8-25-15)21-22-18(23)26-11-16(24)20-10-13-6-7-14(19)12(2)9-13/h4-9H,3,10-11H2,1-2H3,(H,20,24). The Balaban J connectivity index is 1.57. The van der Waals surface area contributed by atoms with Crippen molar-refractivity contribution in [1.82, 2.24) is 20.1 Å². The summed E-state index contributed by atoms with van der Waals surface area (Å²) in [5.74, 6) is 1.13. The average Bonchev–Trinajstić information content (AvgIpc) is 3.29. The van der Waals surface area contributed by atoms with Gasteiger partial charge in [-0.3, -0.25) is 9.36 Å². The van der Waals surface area contributed by atoms with Crippen LogP contribution in [0.15, 0.2) is 46.2 Å². The second kappa shape index (κ2) is 8.18. The molecule has 3 aromatic rings. The van der Waals surface area contributed by atoms with Crippen molar-refractivity contribution in [2.24, 2.45) is 0 Å². The van der Waals surface area contributed by atoms with Crippen molar-refractivity contribution in [2.75, 3.05) is 5.75 Å². The Hall–Kier alpha value is -2.61. The number of furan rings is 1. The number of carbonyl (C=O) groups excluding carboxylic acids is 1. The molecule has 1 N–H and O–H groups in total. The highest BCUT2D eigenvalue weighted by Crippen LogP contribution is 2.24. The van der Waals surface area contributed by atoms with Gasteiger partial charge < -0.3 is 9.73 Å². The first-order valence-electron chi connectivity index (χ1n) is 8.20. The second-order valence-electron chi connectivity index (χ2n) is 5.68. The molecule has 0 saturated heterocycles. The minimum absolute atomic E-state index is 0.123. The summed E-state index contributed by atoms with van der Waals surface area (Å²) in [5, 5.41) is 11.8. The van der Waals surface area contributed by atoms with E-state index in [4.69, 9.17) is 4.42 Å². The molecule has 6 nitrogen and oxygen atoms in total. The summed E-state index contributed by atoms with van der Waals surface area (Å²) in [6, 6.07) is 8.42. The van der Waals surface area contributed by atoms with Crippen LogP contribution >= 0.6 is 11.8 Å². The molecule has 26 heavy (non-hydrogen) atoms. The number of carbonyl (C=O) groups is 1. The van der Waals surface area contributed by atoms with Crippen molar-refractivity contribution in [2.45, 2.75) is 32.1 Å². The lowest BCUT2D eigenvalue weighted by molar-refractivity contribution is -0.118. The van der Waals surface area contributed by atoms with E-state index in [0.29, 0.717) is 35.4 Å². The number of halogens is 1. The molecule has 0 spiro atoms. The molecule has 3 rings (SSSR count). The zero-order chi connectivity index (χ0) is 18.5. The van der Waals surface area contributed by atoms with Crippen LogP contribution in [0.3, 0.4) is 0 Å². The summed E-state index contributed by atoms with van der Waals surface area (Å²) >= 11 is 1.31. The van der Waals surface area contributed by atoms with Gasteiger partial charge in [-0.15, -0.1) is 10.2 Å². The van der Waals surface area contributed by atoms with Crippen molar-refractivity contribution < 1.29 is 13.6 Å². The van der Waals surface area contributed by atoms with E-state index in [1.54, 1.807) is 31.4 Å². The maximum atomic E-state index is 13.3. The highest BCUT2D eigenvalue weighted by molar-refractivity contribution is 7.99. The van der Waals surface area contributed by atoms with E-state index in [1.165, 1.54) is 17.8 Å². The molecule has 1 amide bonds. The Morgan fingerprint density at radius 2 is 2.19 bits per heavy atom. The van der Waals surface area contributed by atoms with Gasteiger partial charge in [0.25, 0.3) is 0 Å². The monoisotopic (exact) mass is 374 g/mol. The molecule has 136 valence electrons. The van der Waals surface area contributed by atoms with Gasteiger partial charge in [0.2, 0.25) is 5.91 Å². The Bertz CT molecular complexity index is 893. The molecule has 0 unspecified atom stereocenters. The molecule has 0 fully saturated rings. The van der Waals surface area contributed by atoms with Gasteiger partial charge >= 0.3 is 0 Å². The molecule has 0 aliphatic rings. The molecule has 2 aromatic heterocycles. The average molecular weight is 374 g/mol. The molecule has 2 heterocycles. The number of nitrogens with one attached hydrogen (secondary N) is 1. The molecule has 8 heteroatoms. The number of aryl methyl sites for hydroxylation is 1. The van der Waals surface area contributed by atoms with Crippen molar-refractivity contribution >= 4 is 17.7 Å². The van der Waals surface area contributed by atoms with Gasteiger partial charge in [0.05, 0.1) is 12.0 Å². The van der Waals surface area contributed by atoms with Crippen LogP contribution in [-0.2, 0) is 17.9 Å². The molecule has 0 saturated carbocycles. The van der Waals surface area contributed by atoms with Crippen LogP contribution in [0.2, 0.25) is 0 Å². The molecule has 0 bridgehead atoms. The molecule has 1 aromatic carbocycles. The van der Waals surface area contributed by atoms with Gasteiger partial charge in [-0.05, 0) is 43.2 Å². The second-order valence-corrected chi connectivity index (χ2v) is 6.62. The lowest BCUT2D eigenvalue weighted by atomic mass is 10.1. The Labute approximate surface area is 154 Å². The third-order valence-corrected chi connectivity index (χ3v) is 4.79. The summed E-state index contributed by atoms with van der Waals surface area (Å²) in [7, 11) is 0. The highest BCUT2D eigenvalue weighted by Gasteiger charge is 2.16. The van der Waals surface area contributed by atoms with Crippen LogP contribution in [-0.4, -0.2) is 26.4 Å². The fourth-order valence-corrected chi connectivity index (χ4v) is 3.30. The van der Waals surface area contributed by atoms with Gasteiger partial charge in [-0.25, -0.2) is 4.39 Å². The van der Waals surface area contributed by atoms with E-state index in [9.17, 15) is 9.18 Å². The lowest BCUT2D eigenvalue weighted by Gasteiger charge is -2.07. The number of rotatable bonds is 7. The van der Waals surface area contributed by atoms with Gasteiger partial charge in [0, 0.05) is 13.1 Å². The lowest BCUT2D eigenvalue weighted by Crippen LogP contribution is -2.24. The number of thioether (sulfide) groups is 1. The maximum Gasteiger partial charge on any atom is 0.230 e. The first-order chi connectivity index (χ1) is 12.6. The topological polar surface area (TPSA) is 73.0 Å². The number of hydrogen-bond donors (Lipinski definition) is 1. The van der Waals surface area contributed by atoms with Gasteiger partial charge in [-0.1, -0.05) is 23.9 Å². The number of benzene rings is 1. The zero-order valence-corrected chi connectivity index (χ0v) is 15.3. The summed E-state index contributed by atoms with van der Waals surface area (Å²) < 4.78 is 20.5. The van der Waals surface area contributed by atoms with Crippen molar-refractivity contribution in [3.63, 3.8) is 0 Å². The van der Waals surface area contributed by atoms with Gasteiger partial charge in [0.15, 0.2) is 16.7 Å². The molecular weight excluding hydrogens is 355 g/mol. The fraction of sp³-hybridized carbons (Fsp3) is 0.278. The first-order valence-corrected chi connectivity index (χ1v) is 9.18. The van der Waals surface area contributed by atoms with Gasteiger partial charge in [0.1, 0.15) is 5.82 Å². The van der Waals surface area contributed by atoms with E-state index in [2.05, 4.69) is 15.5 Å². The van der Waals surface area contributed by atoms with Crippen LogP contribution in [0.5, 0.6) is 0 Å². The van der Waals surface area contributed by atoms with Crippen LogP contribution in [0, 0.1) is 12.7 Å². The summed E-state index contributed by atoms with van der Waals surface area (Å²) in [6.45, 7) is 4.71. The normalized spacial score (nSPS) is 10.9. The van der Waals surface area contributed by atoms with E-state index < -0.39 is 0 Å². The predicted octanol–water partition coefficient (Wildman–Crippen LogP) is 3.41. The smallest absolute Gasteiger partial charge is 0.230 e. The molecule has 0 atom stereocenters. The van der Waals surface area contributed by atoms with Crippen LogP contribution in [0.4, 0.5) is 4.39 Å². The number of aromatic nitrogens is 3. The zero-order valence-electron chi connectivity index (χ0n) is 14.5.